The molecule has 0 aliphatic carbocycles. The Bertz CT molecular complexity index is 552. The van der Waals surface area contributed by atoms with Crippen molar-refractivity contribution in [2.24, 2.45) is 11.7 Å². The van der Waals surface area contributed by atoms with Crippen LogP contribution in [-0.4, -0.2) is 53.6 Å². The first kappa shape index (κ1) is 19.3. The van der Waals surface area contributed by atoms with Gasteiger partial charge in [0.05, 0.1) is 0 Å². The second-order valence-electron chi connectivity index (χ2n) is 5.71. The summed E-state index contributed by atoms with van der Waals surface area (Å²) in [4.78, 5) is 58.4. The number of amides is 5. The average molecular weight is 338 g/mol. The molecule has 1 aliphatic heterocycles. The Morgan fingerprint density at radius 3 is 2.21 bits per heavy atom. The molecule has 0 aromatic heterocycles. The number of nitrogens with zero attached hydrogens (tertiary/aromatic N) is 1. The van der Waals surface area contributed by atoms with E-state index in [2.05, 4.69) is 10.6 Å². The SMILES string of the molecule is CC(C)[C@H](NC(=O)CCN1C(=O)C=CC1=O)C(=O)NCCC(N)=O. The summed E-state index contributed by atoms with van der Waals surface area (Å²) in [6.45, 7) is 3.56. The highest BCUT2D eigenvalue weighted by Crippen LogP contribution is 2.06. The van der Waals surface area contributed by atoms with Crippen molar-refractivity contribution in [1.82, 2.24) is 15.5 Å². The highest BCUT2D eigenvalue weighted by atomic mass is 16.2. The molecule has 1 heterocycles. The summed E-state index contributed by atoms with van der Waals surface area (Å²) in [7, 11) is 0. The molecule has 1 atom stereocenters. The van der Waals surface area contributed by atoms with Crippen LogP contribution in [0, 0.1) is 5.92 Å². The molecule has 0 fully saturated rings. The molecule has 0 aromatic carbocycles. The second kappa shape index (κ2) is 8.80. The molecule has 5 amide bonds. The van der Waals surface area contributed by atoms with Crippen molar-refractivity contribution < 1.29 is 24.0 Å². The van der Waals surface area contributed by atoms with Gasteiger partial charge in [-0.25, -0.2) is 0 Å². The summed E-state index contributed by atoms with van der Waals surface area (Å²) in [5.41, 5.74) is 4.99. The van der Waals surface area contributed by atoms with Crippen LogP contribution in [-0.2, 0) is 24.0 Å². The Balaban J connectivity index is 2.47. The molecule has 132 valence electrons. The smallest absolute Gasteiger partial charge is 0.253 e. The molecule has 4 N–H and O–H groups in total. The van der Waals surface area contributed by atoms with Gasteiger partial charge in [0.25, 0.3) is 11.8 Å². The number of nitrogens with two attached hydrogens (primary N) is 1. The predicted octanol–water partition coefficient (Wildman–Crippen LogP) is -1.57. The lowest BCUT2D eigenvalue weighted by Crippen LogP contribution is -2.50. The minimum atomic E-state index is -0.784. The van der Waals surface area contributed by atoms with Crippen LogP contribution in [0.3, 0.4) is 0 Å². The first-order valence-electron chi connectivity index (χ1n) is 7.61. The van der Waals surface area contributed by atoms with Crippen molar-refractivity contribution in [3.63, 3.8) is 0 Å². The van der Waals surface area contributed by atoms with Crippen molar-refractivity contribution in [3.8, 4) is 0 Å². The largest absolute Gasteiger partial charge is 0.370 e. The van der Waals surface area contributed by atoms with Gasteiger partial charge in [0.1, 0.15) is 6.04 Å². The van der Waals surface area contributed by atoms with Gasteiger partial charge in [-0.15, -0.1) is 0 Å². The molecule has 1 aliphatic rings. The van der Waals surface area contributed by atoms with Crippen molar-refractivity contribution in [2.45, 2.75) is 32.7 Å². The predicted molar refractivity (Wildman–Crippen MR) is 84.1 cm³/mol. The minimum Gasteiger partial charge on any atom is -0.370 e. The highest BCUT2D eigenvalue weighted by Gasteiger charge is 2.26. The summed E-state index contributed by atoms with van der Waals surface area (Å²) < 4.78 is 0. The van der Waals surface area contributed by atoms with E-state index >= 15 is 0 Å². The molecular weight excluding hydrogens is 316 g/mol. The number of rotatable bonds is 9. The molecule has 0 radical (unpaired) electrons. The van der Waals surface area contributed by atoms with Crippen molar-refractivity contribution >= 4 is 29.5 Å². The van der Waals surface area contributed by atoms with E-state index < -0.39 is 35.6 Å². The lowest BCUT2D eigenvalue weighted by Gasteiger charge is -2.22. The molecule has 0 unspecified atom stereocenters. The van der Waals surface area contributed by atoms with Gasteiger partial charge in [0, 0.05) is 38.1 Å². The third-order valence-corrected chi connectivity index (χ3v) is 3.40. The van der Waals surface area contributed by atoms with Crippen molar-refractivity contribution in [1.29, 1.82) is 0 Å². The summed E-state index contributed by atoms with van der Waals surface area (Å²) in [6, 6.07) is -0.784. The number of hydrogen-bond acceptors (Lipinski definition) is 5. The summed E-state index contributed by atoms with van der Waals surface area (Å²) in [5, 5.41) is 5.10. The van der Waals surface area contributed by atoms with Crippen LogP contribution < -0.4 is 16.4 Å². The number of nitrogens with one attached hydrogen (secondary N) is 2. The Kier molecular flexibility index (Phi) is 7.09. The van der Waals surface area contributed by atoms with Gasteiger partial charge in [-0.3, -0.25) is 28.9 Å². The maximum absolute atomic E-state index is 12.1. The van der Waals surface area contributed by atoms with Gasteiger partial charge < -0.3 is 16.4 Å². The maximum atomic E-state index is 12.1. The third kappa shape index (κ3) is 5.82. The highest BCUT2D eigenvalue weighted by molar-refractivity contribution is 6.13. The third-order valence-electron chi connectivity index (χ3n) is 3.40. The number of hydrogen-bond donors (Lipinski definition) is 3. The summed E-state index contributed by atoms with van der Waals surface area (Å²) in [5.74, 6) is -2.51. The average Bonchev–Trinajstić information content (AvgIpc) is 2.80. The monoisotopic (exact) mass is 338 g/mol. The zero-order valence-electron chi connectivity index (χ0n) is 13.7. The van der Waals surface area contributed by atoms with Gasteiger partial charge in [-0.1, -0.05) is 13.8 Å². The van der Waals surface area contributed by atoms with E-state index in [-0.39, 0.29) is 31.8 Å². The van der Waals surface area contributed by atoms with E-state index in [4.69, 9.17) is 5.73 Å². The van der Waals surface area contributed by atoms with Crippen LogP contribution in [0.4, 0.5) is 0 Å². The molecule has 0 saturated heterocycles. The Morgan fingerprint density at radius 2 is 1.71 bits per heavy atom. The van der Waals surface area contributed by atoms with Crippen LogP contribution in [0.5, 0.6) is 0 Å². The number of imide groups is 1. The van der Waals surface area contributed by atoms with Crippen molar-refractivity contribution in [3.05, 3.63) is 12.2 Å². The number of carbonyl (C=O) groups is 5. The standard InChI is InChI=1S/C15H22N4O5/c1-9(2)14(15(24)17-7-5-10(16)20)18-11(21)6-8-19-12(22)3-4-13(19)23/h3-4,9,14H,5-8H2,1-2H3,(H2,16,20)(H,17,24)(H,18,21)/t14-/m0/s1. The van der Waals surface area contributed by atoms with Crippen LogP contribution in [0.15, 0.2) is 12.2 Å². The van der Waals surface area contributed by atoms with Crippen molar-refractivity contribution in [2.75, 3.05) is 13.1 Å². The Hall–Kier alpha value is -2.71. The Morgan fingerprint density at radius 1 is 1.12 bits per heavy atom. The van der Waals surface area contributed by atoms with E-state index in [0.29, 0.717) is 0 Å². The summed E-state index contributed by atoms with van der Waals surface area (Å²) >= 11 is 0. The fourth-order valence-corrected chi connectivity index (χ4v) is 2.06. The van der Waals surface area contributed by atoms with E-state index in [1.54, 1.807) is 13.8 Å². The fourth-order valence-electron chi connectivity index (χ4n) is 2.06. The molecule has 9 nitrogen and oxygen atoms in total. The van der Waals surface area contributed by atoms with Crippen LogP contribution >= 0.6 is 0 Å². The van der Waals surface area contributed by atoms with Crippen LogP contribution in [0.2, 0.25) is 0 Å². The molecule has 0 spiro atoms. The fraction of sp³-hybridized carbons (Fsp3) is 0.533. The zero-order chi connectivity index (χ0) is 18.3. The molecular formula is C15H22N4O5. The maximum Gasteiger partial charge on any atom is 0.253 e. The van der Waals surface area contributed by atoms with Crippen LogP contribution in [0.1, 0.15) is 26.7 Å². The Labute approximate surface area is 139 Å². The van der Waals surface area contributed by atoms with E-state index in [9.17, 15) is 24.0 Å². The molecule has 0 bridgehead atoms. The van der Waals surface area contributed by atoms with Gasteiger partial charge in [-0.2, -0.15) is 0 Å². The van der Waals surface area contributed by atoms with E-state index in [1.165, 1.54) is 0 Å². The lowest BCUT2D eigenvalue weighted by atomic mass is 10.0. The summed E-state index contributed by atoms with van der Waals surface area (Å²) in [6.07, 6.45) is 2.19. The van der Waals surface area contributed by atoms with Crippen LogP contribution in [0.25, 0.3) is 0 Å². The molecule has 1 rings (SSSR count). The number of primary amides is 1. The van der Waals surface area contributed by atoms with Gasteiger partial charge >= 0.3 is 0 Å². The quantitative estimate of drug-likeness (QED) is 0.436. The van der Waals surface area contributed by atoms with E-state index in [0.717, 1.165) is 17.1 Å². The molecule has 0 saturated carbocycles. The normalized spacial score (nSPS) is 14.9. The molecule has 9 heteroatoms. The lowest BCUT2D eigenvalue weighted by molar-refractivity contribution is -0.138. The topological polar surface area (TPSA) is 139 Å². The first-order valence-corrected chi connectivity index (χ1v) is 7.61. The molecule has 24 heavy (non-hydrogen) atoms. The van der Waals surface area contributed by atoms with Gasteiger partial charge in [0.15, 0.2) is 0 Å². The minimum absolute atomic E-state index is 0.0106. The van der Waals surface area contributed by atoms with E-state index in [1.807, 2.05) is 0 Å². The van der Waals surface area contributed by atoms with Gasteiger partial charge in [0.2, 0.25) is 17.7 Å². The van der Waals surface area contributed by atoms with Gasteiger partial charge in [-0.05, 0) is 5.92 Å². The second-order valence-corrected chi connectivity index (χ2v) is 5.71. The first-order chi connectivity index (χ1) is 11.2. The molecule has 0 aromatic rings. The zero-order valence-corrected chi connectivity index (χ0v) is 13.7. The number of carbonyl (C=O) groups excluding carboxylic acids is 5.